The second-order valence-corrected chi connectivity index (χ2v) is 3.75. The second-order valence-electron chi connectivity index (χ2n) is 3.75. The van der Waals surface area contributed by atoms with Gasteiger partial charge in [-0.05, 0) is 13.3 Å². The summed E-state index contributed by atoms with van der Waals surface area (Å²) in [4.78, 5) is 24.8. The summed E-state index contributed by atoms with van der Waals surface area (Å²) in [5.74, 6) is 2.37. The third kappa shape index (κ3) is 2.50. The Morgan fingerprint density at radius 2 is 2.33 bits per heavy atom. The summed E-state index contributed by atoms with van der Waals surface area (Å²) >= 11 is 0. The standard InChI is InChI=1S/C11H16N2O2/c1-4-6-8(3)13-7-10(14)12-9(5-2)11(13)15/h1,8-9H,5-7H2,2-3H3,(H,12,14). The van der Waals surface area contributed by atoms with Crippen LogP contribution in [0.5, 0.6) is 0 Å². The highest BCUT2D eigenvalue weighted by molar-refractivity contribution is 5.94. The van der Waals surface area contributed by atoms with Gasteiger partial charge in [0, 0.05) is 12.5 Å². The van der Waals surface area contributed by atoms with Gasteiger partial charge < -0.3 is 10.2 Å². The molecule has 4 nitrogen and oxygen atoms in total. The van der Waals surface area contributed by atoms with Gasteiger partial charge in [0.2, 0.25) is 11.8 Å². The highest BCUT2D eigenvalue weighted by Gasteiger charge is 2.33. The summed E-state index contributed by atoms with van der Waals surface area (Å²) < 4.78 is 0. The molecule has 1 N–H and O–H groups in total. The zero-order valence-electron chi connectivity index (χ0n) is 9.12. The van der Waals surface area contributed by atoms with Crippen LogP contribution in [0.1, 0.15) is 26.7 Å². The molecule has 0 spiro atoms. The smallest absolute Gasteiger partial charge is 0.245 e. The molecular formula is C11H16N2O2. The summed E-state index contributed by atoms with van der Waals surface area (Å²) in [6.07, 6.45) is 6.29. The molecule has 1 rings (SSSR count). The molecule has 0 saturated carbocycles. The number of carbonyl (C=O) groups is 2. The van der Waals surface area contributed by atoms with Crippen molar-refractivity contribution in [1.29, 1.82) is 0 Å². The van der Waals surface area contributed by atoms with Gasteiger partial charge in [0.15, 0.2) is 0 Å². The normalized spacial score (nSPS) is 23.3. The number of piperazine rings is 1. The fourth-order valence-corrected chi connectivity index (χ4v) is 1.66. The maximum Gasteiger partial charge on any atom is 0.245 e. The van der Waals surface area contributed by atoms with E-state index in [1.165, 1.54) is 0 Å². The van der Waals surface area contributed by atoms with Crippen molar-refractivity contribution in [3.8, 4) is 12.3 Å². The summed E-state index contributed by atoms with van der Waals surface area (Å²) in [5, 5.41) is 2.66. The number of hydrogen-bond acceptors (Lipinski definition) is 2. The molecule has 0 radical (unpaired) electrons. The largest absolute Gasteiger partial charge is 0.343 e. The molecule has 4 heteroatoms. The van der Waals surface area contributed by atoms with E-state index in [0.717, 1.165) is 0 Å². The third-order valence-electron chi connectivity index (χ3n) is 2.58. The van der Waals surface area contributed by atoms with Crippen LogP contribution >= 0.6 is 0 Å². The van der Waals surface area contributed by atoms with Crippen LogP contribution in [0.3, 0.4) is 0 Å². The van der Waals surface area contributed by atoms with Crippen LogP contribution in [0.2, 0.25) is 0 Å². The molecule has 82 valence electrons. The number of nitrogens with one attached hydrogen (secondary N) is 1. The van der Waals surface area contributed by atoms with E-state index in [2.05, 4.69) is 11.2 Å². The lowest BCUT2D eigenvalue weighted by Crippen LogP contribution is -2.59. The van der Waals surface area contributed by atoms with Crippen LogP contribution in [0.15, 0.2) is 0 Å². The number of carbonyl (C=O) groups excluding carboxylic acids is 2. The van der Waals surface area contributed by atoms with Gasteiger partial charge in [0.25, 0.3) is 0 Å². The number of terminal acetylenes is 1. The highest BCUT2D eigenvalue weighted by Crippen LogP contribution is 2.11. The van der Waals surface area contributed by atoms with Crippen molar-refractivity contribution in [3.05, 3.63) is 0 Å². The summed E-state index contributed by atoms with van der Waals surface area (Å²) in [6.45, 7) is 3.86. The Labute approximate surface area is 90.0 Å². The van der Waals surface area contributed by atoms with Gasteiger partial charge in [-0.25, -0.2) is 0 Å². The number of amides is 2. The van der Waals surface area contributed by atoms with E-state index in [-0.39, 0.29) is 30.4 Å². The average Bonchev–Trinajstić information content (AvgIpc) is 2.21. The van der Waals surface area contributed by atoms with E-state index in [1.807, 2.05) is 13.8 Å². The van der Waals surface area contributed by atoms with E-state index in [1.54, 1.807) is 4.90 Å². The zero-order valence-corrected chi connectivity index (χ0v) is 9.12. The van der Waals surface area contributed by atoms with Crippen molar-refractivity contribution in [1.82, 2.24) is 10.2 Å². The lowest BCUT2D eigenvalue weighted by Gasteiger charge is -2.35. The Morgan fingerprint density at radius 1 is 1.67 bits per heavy atom. The SMILES string of the molecule is C#CCC(C)N1CC(=O)NC(CC)C1=O. The molecule has 15 heavy (non-hydrogen) atoms. The monoisotopic (exact) mass is 208 g/mol. The molecule has 1 saturated heterocycles. The van der Waals surface area contributed by atoms with Crippen molar-refractivity contribution in [3.63, 3.8) is 0 Å². The Balaban J connectivity index is 2.75. The Bertz CT molecular complexity index is 306. The minimum atomic E-state index is -0.383. The lowest BCUT2D eigenvalue weighted by atomic mass is 10.1. The summed E-state index contributed by atoms with van der Waals surface area (Å²) in [5.41, 5.74) is 0. The van der Waals surface area contributed by atoms with Crippen molar-refractivity contribution < 1.29 is 9.59 Å². The van der Waals surface area contributed by atoms with Gasteiger partial charge in [-0.1, -0.05) is 6.92 Å². The zero-order chi connectivity index (χ0) is 11.4. The van der Waals surface area contributed by atoms with Crippen LogP contribution in [-0.2, 0) is 9.59 Å². The fraction of sp³-hybridized carbons (Fsp3) is 0.636. The first-order valence-electron chi connectivity index (χ1n) is 5.13. The van der Waals surface area contributed by atoms with Crippen molar-refractivity contribution in [2.75, 3.05) is 6.54 Å². The minimum absolute atomic E-state index is 0.0279. The van der Waals surface area contributed by atoms with E-state index in [4.69, 9.17) is 6.42 Å². The van der Waals surface area contributed by atoms with Gasteiger partial charge in [-0.15, -0.1) is 12.3 Å². The third-order valence-corrected chi connectivity index (χ3v) is 2.58. The van der Waals surface area contributed by atoms with E-state index in [9.17, 15) is 9.59 Å². The molecular weight excluding hydrogens is 192 g/mol. The molecule has 0 aromatic heterocycles. The molecule has 2 unspecified atom stereocenters. The minimum Gasteiger partial charge on any atom is -0.343 e. The van der Waals surface area contributed by atoms with Gasteiger partial charge in [-0.2, -0.15) is 0 Å². The molecule has 1 aliphatic rings. The van der Waals surface area contributed by atoms with E-state index < -0.39 is 0 Å². The second kappa shape index (κ2) is 4.83. The molecule has 0 bridgehead atoms. The van der Waals surface area contributed by atoms with Crippen LogP contribution in [-0.4, -0.2) is 35.3 Å². The predicted molar refractivity (Wildman–Crippen MR) is 56.8 cm³/mol. The average molecular weight is 208 g/mol. The van der Waals surface area contributed by atoms with Crippen LogP contribution in [0, 0.1) is 12.3 Å². The molecule has 1 heterocycles. The molecule has 2 atom stereocenters. The number of rotatable bonds is 3. The van der Waals surface area contributed by atoms with Crippen molar-refractivity contribution in [2.24, 2.45) is 0 Å². The highest BCUT2D eigenvalue weighted by atomic mass is 16.2. The quantitative estimate of drug-likeness (QED) is 0.670. The Morgan fingerprint density at radius 3 is 2.87 bits per heavy atom. The molecule has 2 amide bonds. The van der Waals surface area contributed by atoms with Crippen LogP contribution < -0.4 is 5.32 Å². The molecule has 0 aliphatic carbocycles. The number of nitrogens with zero attached hydrogens (tertiary/aromatic N) is 1. The first kappa shape index (κ1) is 11.6. The van der Waals surface area contributed by atoms with Crippen LogP contribution in [0.25, 0.3) is 0 Å². The Hall–Kier alpha value is -1.50. The fourth-order valence-electron chi connectivity index (χ4n) is 1.66. The van der Waals surface area contributed by atoms with Crippen molar-refractivity contribution in [2.45, 2.75) is 38.8 Å². The first-order chi connectivity index (χ1) is 7.10. The van der Waals surface area contributed by atoms with Crippen LogP contribution in [0.4, 0.5) is 0 Å². The van der Waals surface area contributed by atoms with Gasteiger partial charge >= 0.3 is 0 Å². The number of hydrogen-bond donors (Lipinski definition) is 1. The maximum atomic E-state index is 11.9. The first-order valence-corrected chi connectivity index (χ1v) is 5.13. The summed E-state index contributed by atoms with van der Waals surface area (Å²) in [7, 11) is 0. The molecule has 1 fully saturated rings. The molecule has 0 aromatic rings. The summed E-state index contributed by atoms with van der Waals surface area (Å²) in [6, 6.07) is -0.450. The Kier molecular flexibility index (Phi) is 3.73. The topological polar surface area (TPSA) is 49.4 Å². The van der Waals surface area contributed by atoms with Gasteiger partial charge in [-0.3, -0.25) is 9.59 Å². The molecule has 1 aliphatic heterocycles. The van der Waals surface area contributed by atoms with Gasteiger partial charge in [0.05, 0.1) is 6.54 Å². The molecule has 0 aromatic carbocycles. The predicted octanol–water partition coefficient (Wildman–Crippen LogP) is 0.135. The lowest BCUT2D eigenvalue weighted by molar-refractivity contribution is -0.146. The van der Waals surface area contributed by atoms with E-state index >= 15 is 0 Å². The van der Waals surface area contributed by atoms with E-state index in [0.29, 0.717) is 12.8 Å². The van der Waals surface area contributed by atoms with Crippen molar-refractivity contribution >= 4 is 11.8 Å². The van der Waals surface area contributed by atoms with Gasteiger partial charge in [0.1, 0.15) is 6.04 Å². The maximum absolute atomic E-state index is 11.9.